The Morgan fingerprint density at radius 2 is 2.29 bits per heavy atom. The van der Waals surface area contributed by atoms with Crippen LogP contribution in [0.3, 0.4) is 0 Å². The van der Waals surface area contributed by atoms with E-state index in [2.05, 4.69) is 12.2 Å². The van der Waals surface area contributed by atoms with Crippen LogP contribution < -0.4 is 5.32 Å². The largest absolute Gasteiger partial charge is 0.317 e. The fourth-order valence-electron chi connectivity index (χ4n) is 0.374. The van der Waals surface area contributed by atoms with Gasteiger partial charge in [-0.25, -0.2) is 0 Å². The third-order valence-electron chi connectivity index (χ3n) is 0.748. The van der Waals surface area contributed by atoms with Crippen molar-refractivity contribution in [1.82, 2.24) is 5.32 Å². The van der Waals surface area contributed by atoms with Gasteiger partial charge in [0.2, 0.25) is 0 Å². The van der Waals surface area contributed by atoms with Gasteiger partial charge in [-0.15, -0.1) is 0 Å². The van der Waals surface area contributed by atoms with E-state index in [4.69, 9.17) is 12.6 Å². The van der Waals surface area contributed by atoms with Gasteiger partial charge in [0.05, 0.1) is 0 Å². The summed E-state index contributed by atoms with van der Waals surface area (Å²) in [5.74, 6) is 0.882. The molecule has 0 saturated carbocycles. The highest BCUT2D eigenvalue weighted by Gasteiger charge is 1.78. The number of hydrogen-bond acceptors (Lipinski definition) is 1. The Hall–Kier alpha value is 0.310. The minimum atomic E-state index is 0.882. The zero-order valence-electron chi connectivity index (χ0n) is 4.74. The second-order valence-corrected chi connectivity index (χ2v) is 1.82. The summed E-state index contributed by atoms with van der Waals surface area (Å²) in [7, 11) is 0. The maximum atomic E-state index is 4.73. The average molecular weight is 118 g/mol. The Bertz CT molecular complexity index is 27.3. The highest BCUT2D eigenvalue weighted by molar-refractivity contribution is 7.80. The van der Waals surface area contributed by atoms with Crippen LogP contribution in [0.2, 0.25) is 0 Å². The molecule has 43 valence electrons. The molecule has 0 aromatic carbocycles. The van der Waals surface area contributed by atoms with Crippen LogP contribution in [-0.2, 0) is 0 Å². The molecule has 0 amide bonds. The van der Waals surface area contributed by atoms with Crippen LogP contribution in [0.15, 0.2) is 0 Å². The molecule has 0 aliphatic carbocycles. The number of hydrogen-bond donors (Lipinski definition) is 1. The molecule has 0 fully saturated rings. The van der Waals surface area contributed by atoms with Crippen molar-refractivity contribution >= 4 is 12.6 Å². The van der Waals surface area contributed by atoms with E-state index in [1.54, 1.807) is 0 Å². The van der Waals surface area contributed by atoms with Crippen LogP contribution in [0.25, 0.3) is 0 Å². The van der Waals surface area contributed by atoms with Gasteiger partial charge in [-0.1, -0.05) is 19.6 Å². The van der Waals surface area contributed by atoms with Crippen molar-refractivity contribution in [2.24, 2.45) is 0 Å². The summed E-state index contributed by atoms with van der Waals surface area (Å²) < 4.78 is 0. The van der Waals surface area contributed by atoms with E-state index in [9.17, 15) is 0 Å². The molecule has 0 aromatic rings. The zero-order valence-corrected chi connectivity index (χ0v) is 5.55. The molecular formula is C5H12NS. The molecule has 0 aromatic heterocycles. The topological polar surface area (TPSA) is 12.0 Å². The number of nitrogens with one attached hydrogen (secondary N) is 1. The zero-order chi connectivity index (χ0) is 5.54. The summed E-state index contributed by atoms with van der Waals surface area (Å²) >= 11 is 4.73. The van der Waals surface area contributed by atoms with Crippen molar-refractivity contribution in [3.05, 3.63) is 0 Å². The van der Waals surface area contributed by atoms with Gasteiger partial charge in [-0.2, -0.15) is 0 Å². The van der Waals surface area contributed by atoms with Gasteiger partial charge in [0.25, 0.3) is 0 Å². The third-order valence-corrected chi connectivity index (χ3v) is 1.04. The Balaban J connectivity index is 2.45. The molecule has 0 heterocycles. The van der Waals surface area contributed by atoms with Crippen molar-refractivity contribution in [3.63, 3.8) is 0 Å². The summed E-state index contributed by atoms with van der Waals surface area (Å²) in [6.07, 6.45) is 1.13. The summed E-state index contributed by atoms with van der Waals surface area (Å²) in [6, 6.07) is 0. The van der Waals surface area contributed by atoms with Crippen LogP contribution in [0.1, 0.15) is 13.3 Å². The fraction of sp³-hybridized carbons (Fsp3) is 1.00. The highest BCUT2D eigenvalue weighted by Crippen LogP contribution is 1.78. The average Bonchev–Trinajstić information content (AvgIpc) is 1.69. The third kappa shape index (κ3) is 6.31. The monoisotopic (exact) mass is 118 g/mol. The van der Waals surface area contributed by atoms with Gasteiger partial charge < -0.3 is 5.32 Å². The van der Waals surface area contributed by atoms with Crippen molar-refractivity contribution in [2.75, 3.05) is 18.8 Å². The molecular weight excluding hydrogens is 106 g/mol. The van der Waals surface area contributed by atoms with Crippen LogP contribution in [0, 0.1) is 0 Å². The van der Waals surface area contributed by atoms with E-state index in [0.717, 1.165) is 25.3 Å². The van der Waals surface area contributed by atoms with Crippen LogP contribution in [-0.4, -0.2) is 18.8 Å². The number of rotatable bonds is 4. The summed E-state index contributed by atoms with van der Waals surface area (Å²) in [6.45, 7) is 4.25. The first kappa shape index (κ1) is 7.31. The first-order valence-electron chi connectivity index (χ1n) is 2.70. The first-order valence-corrected chi connectivity index (χ1v) is 3.28. The summed E-state index contributed by atoms with van der Waals surface area (Å²) in [5.41, 5.74) is 0. The second kappa shape index (κ2) is 6.31. The van der Waals surface area contributed by atoms with E-state index in [1.165, 1.54) is 0 Å². The van der Waals surface area contributed by atoms with Gasteiger partial charge in [-0.05, 0) is 19.5 Å². The fourth-order valence-corrected chi connectivity index (χ4v) is 0.518. The molecule has 1 radical (unpaired) electrons. The smallest absolute Gasteiger partial charge is 0.00490 e. The lowest BCUT2D eigenvalue weighted by Gasteiger charge is -1.94. The second-order valence-electron chi connectivity index (χ2n) is 1.41. The van der Waals surface area contributed by atoms with Crippen molar-refractivity contribution in [3.8, 4) is 0 Å². The maximum absolute atomic E-state index is 4.73. The maximum Gasteiger partial charge on any atom is 0.00490 e. The van der Waals surface area contributed by atoms with E-state index >= 15 is 0 Å². The lowest BCUT2D eigenvalue weighted by molar-refractivity contribution is 0.708. The molecule has 0 unspecified atom stereocenters. The van der Waals surface area contributed by atoms with Crippen LogP contribution >= 0.6 is 12.6 Å². The molecule has 1 N–H and O–H groups in total. The van der Waals surface area contributed by atoms with E-state index in [-0.39, 0.29) is 0 Å². The molecule has 0 saturated heterocycles. The van der Waals surface area contributed by atoms with Gasteiger partial charge in [0.1, 0.15) is 0 Å². The van der Waals surface area contributed by atoms with E-state index < -0.39 is 0 Å². The molecule has 0 rings (SSSR count). The van der Waals surface area contributed by atoms with Gasteiger partial charge >= 0.3 is 0 Å². The Morgan fingerprint density at radius 1 is 1.57 bits per heavy atom. The Kier molecular flexibility index (Phi) is 6.59. The quantitative estimate of drug-likeness (QED) is 0.547. The SMILES string of the molecule is CCNCCC[S]. The molecule has 0 aliphatic heterocycles. The molecule has 0 aliphatic rings. The van der Waals surface area contributed by atoms with Gasteiger partial charge in [-0.3, -0.25) is 0 Å². The standard InChI is InChI=1S/C5H12NS/c1-2-6-4-3-5-7/h6H,2-5H2,1H3. The lowest BCUT2D eigenvalue weighted by Crippen LogP contribution is -2.13. The normalized spacial score (nSPS) is 9.43. The van der Waals surface area contributed by atoms with Crippen LogP contribution in [0.5, 0.6) is 0 Å². The minimum absolute atomic E-state index is 0.882. The predicted octanol–water partition coefficient (Wildman–Crippen LogP) is 1.18. The van der Waals surface area contributed by atoms with E-state index in [1.807, 2.05) is 0 Å². The molecule has 0 atom stereocenters. The molecule has 2 heteroatoms. The van der Waals surface area contributed by atoms with Crippen molar-refractivity contribution in [1.29, 1.82) is 0 Å². The molecule has 1 nitrogen and oxygen atoms in total. The van der Waals surface area contributed by atoms with Crippen molar-refractivity contribution in [2.45, 2.75) is 13.3 Å². The first-order chi connectivity index (χ1) is 3.41. The van der Waals surface area contributed by atoms with Crippen molar-refractivity contribution < 1.29 is 0 Å². The molecule has 0 bridgehead atoms. The molecule has 0 spiro atoms. The lowest BCUT2D eigenvalue weighted by atomic mass is 10.5. The summed E-state index contributed by atoms with van der Waals surface area (Å²) in [4.78, 5) is 0. The summed E-state index contributed by atoms with van der Waals surface area (Å²) in [5, 5.41) is 3.18. The Labute approximate surface area is 50.9 Å². The molecule has 7 heavy (non-hydrogen) atoms. The Morgan fingerprint density at radius 3 is 2.71 bits per heavy atom. The predicted molar refractivity (Wildman–Crippen MR) is 35.6 cm³/mol. The van der Waals surface area contributed by atoms with E-state index in [0.29, 0.717) is 0 Å². The minimum Gasteiger partial charge on any atom is -0.317 e. The van der Waals surface area contributed by atoms with Crippen LogP contribution in [0.4, 0.5) is 0 Å². The van der Waals surface area contributed by atoms with Gasteiger partial charge in [0, 0.05) is 5.75 Å². The highest BCUT2D eigenvalue weighted by atomic mass is 32.1. The van der Waals surface area contributed by atoms with Gasteiger partial charge in [0.15, 0.2) is 0 Å².